The second-order valence-corrected chi connectivity index (χ2v) is 2.14. The third-order valence-electron chi connectivity index (χ3n) is 0.988. The van der Waals surface area contributed by atoms with Crippen molar-refractivity contribution in [2.75, 3.05) is 0 Å². The molecule has 3 heteroatoms. The minimum atomic E-state index is -0.0995. The summed E-state index contributed by atoms with van der Waals surface area (Å²) in [6, 6.07) is 0. The van der Waals surface area contributed by atoms with E-state index < -0.39 is 0 Å². The SMILES string of the molecule is CC(C)C(=O)/C(N)=C/N. The first-order valence-corrected chi connectivity index (χ1v) is 2.81. The second kappa shape index (κ2) is 3.12. The molecule has 0 aromatic rings. The standard InChI is InChI=1S/C6H12N2O/c1-4(2)6(9)5(8)3-7/h3-4H,7-8H2,1-2H3/b5-3-. The van der Waals surface area contributed by atoms with E-state index in [1.165, 1.54) is 0 Å². The molecule has 0 aliphatic rings. The fraction of sp³-hybridized carbons (Fsp3) is 0.500. The van der Waals surface area contributed by atoms with Gasteiger partial charge in [0.15, 0.2) is 5.78 Å². The van der Waals surface area contributed by atoms with Gasteiger partial charge in [-0.05, 0) is 0 Å². The Hall–Kier alpha value is -0.990. The normalized spacial score (nSPS) is 12.1. The Morgan fingerprint density at radius 2 is 2.00 bits per heavy atom. The summed E-state index contributed by atoms with van der Waals surface area (Å²) in [5.74, 6) is -0.165. The fourth-order valence-corrected chi connectivity index (χ4v) is 0.415. The molecule has 0 atom stereocenters. The highest BCUT2D eigenvalue weighted by Crippen LogP contribution is 1.98. The van der Waals surface area contributed by atoms with Crippen molar-refractivity contribution < 1.29 is 4.79 Å². The molecule has 0 radical (unpaired) electrons. The number of hydrogen-bond donors (Lipinski definition) is 2. The van der Waals surface area contributed by atoms with E-state index in [9.17, 15) is 4.79 Å². The summed E-state index contributed by atoms with van der Waals surface area (Å²) in [5.41, 5.74) is 10.4. The number of Topliss-reactive ketones (excluding diaryl/α,β-unsaturated/α-hetero) is 1. The van der Waals surface area contributed by atoms with Crippen molar-refractivity contribution in [2.45, 2.75) is 13.8 Å². The number of allylic oxidation sites excluding steroid dienone is 1. The molecule has 9 heavy (non-hydrogen) atoms. The zero-order chi connectivity index (χ0) is 7.44. The molecule has 0 aliphatic carbocycles. The molecule has 0 aromatic heterocycles. The van der Waals surface area contributed by atoms with Gasteiger partial charge in [0.05, 0.1) is 5.70 Å². The van der Waals surface area contributed by atoms with Crippen LogP contribution in [0, 0.1) is 5.92 Å². The topological polar surface area (TPSA) is 69.1 Å². The van der Waals surface area contributed by atoms with Crippen LogP contribution in [0.2, 0.25) is 0 Å². The third kappa shape index (κ3) is 2.17. The fourth-order valence-electron chi connectivity index (χ4n) is 0.415. The lowest BCUT2D eigenvalue weighted by molar-refractivity contribution is -0.118. The lowest BCUT2D eigenvalue weighted by atomic mass is 10.1. The van der Waals surface area contributed by atoms with Gasteiger partial charge in [0.2, 0.25) is 0 Å². The molecule has 0 aromatic carbocycles. The van der Waals surface area contributed by atoms with Gasteiger partial charge in [-0.25, -0.2) is 0 Å². The first kappa shape index (κ1) is 8.01. The maximum absolute atomic E-state index is 10.8. The van der Waals surface area contributed by atoms with Crippen LogP contribution >= 0.6 is 0 Å². The Labute approximate surface area is 54.7 Å². The highest BCUT2D eigenvalue weighted by molar-refractivity contribution is 5.95. The lowest BCUT2D eigenvalue weighted by Crippen LogP contribution is -2.17. The van der Waals surface area contributed by atoms with Crippen LogP contribution in [0.3, 0.4) is 0 Å². The summed E-state index contributed by atoms with van der Waals surface area (Å²) in [6.07, 6.45) is 1.13. The smallest absolute Gasteiger partial charge is 0.182 e. The van der Waals surface area contributed by atoms with Gasteiger partial charge in [-0.1, -0.05) is 13.8 Å². The Kier molecular flexibility index (Phi) is 2.78. The summed E-state index contributed by atoms with van der Waals surface area (Å²) in [7, 11) is 0. The van der Waals surface area contributed by atoms with Gasteiger partial charge >= 0.3 is 0 Å². The molecule has 4 N–H and O–H groups in total. The van der Waals surface area contributed by atoms with E-state index in [0.29, 0.717) is 0 Å². The van der Waals surface area contributed by atoms with Gasteiger partial charge in [0, 0.05) is 12.1 Å². The van der Waals surface area contributed by atoms with E-state index >= 15 is 0 Å². The molecule has 0 saturated carbocycles. The van der Waals surface area contributed by atoms with Gasteiger partial charge in [-0.3, -0.25) is 4.79 Å². The molecule has 0 aliphatic heterocycles. The molecular formula is C6H12N2O. The van der Waals surface area contributed by atoms with Crippen LogP contribution in [0.25, 0.3) is 0 Å². The van der Waals surface area contributed by atoms with Crippen molar-refractivity contribution in [1.29, 1.82) is 0 Å². The van der Waals surface area contributed by atoms with Gasteiger partial charge in [0.1, 0.15) is 0 Å². The average Bonchev–Trinajstić information content (AvgIpc) is 1.84. The van der Waals surface area contributed by atoms with Crippen LogP contribution in [0.5, 0.6) is 0 Å². The summed E-state index contributed by atoms with van der Waals surface area (Å²) in [5, 5.41) is 0. The molecule has 0 rings (SSSR count). The molecule has 0 amide bonds. The minimum Gasteiger partial charge on any atom is -0.403 e. The van der Waals surface area contributed by atoms with E-state index in [-0.39, 0.29) is 17.4 Å². The van der Waals surface area contributed by atoms with Crippen molar-refractivity contribution in [3.05, 3.63) is 11.9 Å². The zero-order valence-corrected chi connectivity index (χ0v) is 5.72. The van der Waals surface area contributed by atoms with Gasteiger partial charge < -0.3 is 11.5 Å². The number of carbonyl (C=O) groups excluding carboxylic acids is 1. The quantitative estimate of drug-likeness (QED) is 0.513. The summed E-state index contributed by atoms with van der Waals surface area (Å²) < 4.78 is 0. The van der Waals surface area contributed by atoms with Crippen LogP contribution in [-0.4, -0.2) is 5.78 Å². The summed E-state index contributed by atoms with van der Waals surface area (Å²) >= 11 is 0. The Balaban J connectivity index is 4.06. The van der Waals surface area contributed by atoms with Crippen LogP contribution in [-0.2, 0) is 4.79 Å². The summed E-state index contributed by atoms with van der Waals surface area (Å²) in [6.45, 7) is 3.55. The molecule has 0 bridgehead atoms. The van der Waals surface area contributed by atoms with Gasteiger partial charge in [0.25, 0.3) is 0 Å². The maximum Gasteiger partial charge on any atom is 0.182 e. The van der Waals surface area contributed by atoms with E-state index in [2.05, 4.69) is 0 Å². The number of ketones is 1. The second-order valence-electron chi connectivity index (χ2n) is 2.14. The molecule has 0 heterocycles. The number of rotatable bonds is 2. The van der Waals surface area contributed by atoms with E-state index in [0.717, 1.165) is 6.20 Å². The Bertz CT molecular complexity index is 138. The van der Waals surface area contributed by atoms with Crippen molar-refractivity contribution in [3.8, 4) is 0 Å². The van der Waals surface area contributed by atoms with Crippen molar-refractivity contribution in [1.82, 2.24) is 0 Å². The molecule has 3 nitrogen and oxygen atoms in total. The molecule has 0 fully saturated rings. The molecule has 0 spiro atoms. The monoisotopic (exact) mass is 128 g/mol. The first-order chi connectivity index (χ1) is 4.09. The number of hydrogen-bond acceptors (Lipinski definition) is 3. The molecule has 52 valence electrons. The molecular weight excluding hydrogens is 116 g/mol. The van der Waals surface area contributed by atoms with Crippen LogP contribution < -0.4 is 11.5 Å². The van der Waals surface area contributed by atoms with Crippen LogP contribution in [0.15, 0.2) is 11.9 Å². The van der Waals surface area contributed by atoms with E-state index in [1.54, 1.807) is 13.8 Å². The summed E-state index contributed by atoms with van der Waals surface area (Å²) in [4.78, 5) is 10.8. The average molecular weight is 128 g/mol. The van der Waals surface area contributed by atoms with Crippen LogP contribution in [0.4, 0.5) is 0 Å². The number of nitrogens with two attached hydrogens (primary N) is 2. The molecule has 0 saturated heterocycles. The maximum atomic E-state index is 10.8. The van der Waals surface area contributed by atoms with E-state index in [4.69, 9.17) is 11.5 Å². The van der Waals surface area contributed by atoms with Crippen molar-refractivity contribution >= 4 is 5.78 Å². The molecule has 0 unspecified atom stereocenters. The van der Waals surface area contributed by atoms with Gasteiger partial charge in [-0.15, -0.1) is 0 Å². The first-order valence-electron chi connectivity index (χ1n) is 2.81. The number of carbonyl (C=O) groups is 1. The predicted molar refractivity (Wildman–Crippen MR) is 36.3 cm³/mol. The highest BCUT2D eigenvalue weighted by Gasteiger charge is 2.08. The van der Waals surface area contributed by atoms with Crippen molar-refractivity contribution in [2.24, 2.45) is 17.4 Å². The van der Waals surface area contributed by atoms with Crippen molar-refractivity contribution in [3.63, 3.8) is 0 Å². The minimum absolute atomic E-state index is 0.0650. The van der Waals surface area contributed by atoms with Crippen LogP contribution in [0.1, 0.15) is 13.8 Å². The van der Waals surface area contributed by atoms with E-state index in [1.807, 2.05) is 0 Å². The highest BCUT2D eigenvalue weighted by atomic mass is 16.1. The van der Waals surface area contributed by atoms with Gasteiger partial charge in [-0.2, -0.15) is 0 Å². The zero-order valence-electron chi connectivity index (χ0n) is 5.72. The Morgan fingerprint density at radius 1 is 1.56 bits per heavy atom. The Morgan fingerprint density at radius 3 is 2.11 bits per heavy atom. The predicted octanol–water partition coefficient (Wildman–Crippen LogP) is -0.0297. The lowest BCUT2D eigenvalue weighted by Gasteiger charge is -2.00. The third-order valence-corrected chi connectivity index (χ3v) is 0.988. The largest absolute Gasteiger partial charge is 0.403 e.